The van der Waals surface area contributed by atoms with E-state index in [1.165, 1.54) is 0 Å². The van der Waals surface area contributed by atoms with Gasteiger partial charge in [-0.2, -0.15) is 0 Å². The molecule has 1 amide bonds. The van der Waals surface area contributed by atoms with Gasteiger partial charge in [0.25, 0.3) is 0 Å². The summed E-state index contributed by atoms with van der Waals surface area (Å²) in [6, 6.07) is 11.1. The number of carbonyl (C=O) groups is 1. The van der Waals surface area contributed by atoms with Crippen molar-refractivity contribution in [3.8, 4) is 0 Å². The van der Waals surface area contributed by atoms with Gasteiger partial charge in [-0.25, -0.2) is 8.42 Å². The van der Waals surface area contributed by atoms with Gasteiger partial charge in [-0.1, -0.05) is 12.1 Å². The second-order valence-corrected chi connectivity index (χ2v) is 9.15. The number of benzene rings is 2. The first-order valence-corrected chi connectivity index (χ1v) is 10.6. The van der Waals surface area contributed by atoms with Gasteiger partial charge in [0.05, 0.1) is 11.9 Å². The van der Waals surface area contributed by atoms with E-state index in [0.717, 1.165) is 30.8 Å². The Balaban J connectivity index is 2.29. The number of rotatable bonds is 5. The summed E-state index contributed by atoms with van der Waals surface area (Å²) in [7, 11) is -3.59. The molecule has 2 aromatic carbocycles. The molecule has 2 aromatic rings. The molecule has 2 rings (SSSR count). The summed E-state index contributed by atoms with van der Waals surface area (Å²) in [5.41, 5.74) is 3.95. The number of aryl methyl sites for hydroxylation is 2. The Labute approximate surface area is 162 Å². The van der Waals surface area contributed by atoms with Crippen LogP contribution in [0.1, 0.15) is 16.7 Å². The highest BCUT2D eigenvalue weighted by Gasteiger charge is 2.23. The highest BCUT2D eigenvalue weighted by Crippen LogP contribution is 2.25. The van der Waals surface area contributed by atoms with Crippen molar-refractivity contribution in [2.24, 2.45) is 0 Å². The van der Waals surface area contributed by atoms with Gasteiger partial charge in [0.2, 0.25) is 15.9 Å². The first-order chi connectivity index (χ1) is 11.6. The average molecular weight is 472 g/mol. The molecule has 134 valence electrons. The van der Waals surface area contributed by atoms with Gasteiger partial charge in [-0.15, -0.1) is 0 Å². The molecule has 5 nitrogen and oxygen atoms in total. The Hall–Kier alpha value is -1.61. The van der Waals surface area contributed by atoms with E-state index in [4.69, 9.17) is 0 Å². The number of hydrogen-bond donors (Lipinski definition) is 1. The van der Waals surface area contributed by atoms with Crippen LogP contribution in [0.3, 0.4) is 0 Å². The molecule has 1 N–H and O–H groups in total. The Morgan fingerprint density at radius 3 is 2.40 bits per heavy atom. The van der Waals surface area contributed by atoms with Gasteiger partial charge in [0, 0.05) is 9.26 Å². The van der Waals surface area contributed by atoms with E-state index in [0.29, 0.717) is 11.4 Å². The smallest absolute Gasteiger partial charge is 0.245 e. The zero-order valence-electron chi connectivity index (χ0n) is 14.6. The van der Waals surface area contributed by atoms with Gasteiger partial charge in [0.15, 0.2) is 0 Å². The molecule has 0 heterocycles. The second-order valence-electron chi connectivity index (χ2n) is 6.00. The number of sulfonamides is 1. The van der Waals surface area contributed by atoms with Crippen LogP contribution in [-0.4, -0.2) is 27.1 Å². The highest BCUT2D eigenvalue weighted by atomic mass is 127. The topological polar surface area (TPSA) is 66.5 Å². The Morgan fingerprint density at radius 2 is 1.80 bits per heavy atom. The molecule has 0 aliphatic rings. The van der Waals surface area contributed by atoms with Crippen LogP contribution in [0, 0.1) is 24.3 Å². The lowest BCUT2D eigenvalue weighted by molar-refractivity contribution is -0.114. The third-order valence-corrected chi connectivity index (χ3v) is 5.79. The molecule has 0 aliphatic carbocycles. The van der Waals surface area contributed by atoms with E-state index in [1.54, 1.807) is 12.1 Å². The standard InChI is InChI=1S/C18H21IN2O3S/c1-12-6-5-7-17(14(12)3)21(25(4,23)24)11-18(22)20-16-9-8-15(19)10-13(16)2/h5-10H,11H2,1-4H3,(H,20,22). The van der Waals surface area contributed by atoms with E-state index in [1.807, 2.05) is 45.0 Å². The first kappa shape index (κ1) is 19.7. The average Bonchev–Trinajstić information content (AvgIpc) is 2.50. The van der Waals surface area contributed by atoms with Crippen LogP contribution >= 0.6 is 22.6 Å². The lowest BCUT2D eigenvalue weighted by Crippen LogP contribution is -2.38. The van der Waals surface area contributed by atoms with Crippen molar-refractivity contribution in [3.05, 3.63) is 56.7 Å². The molecule has 0 atom stereocenters. The summed E-state index contributed by atoms with van der Waals surface area (Å²) in [5.74, 6) is -0.379. The van der Waals surface area contributed by atoms with Crippen molar-refractivity contribution in [2.75, 3.05) is 22.4 Å². The minimum atomic E-state index is -3.59. The lowest BCUT2D eigenvalue weighted by Gasteiger charge is -2.24. The van der Waals surface area contributed by atoms with Gasteiger partial charge < -0.3 is 5.32 Å². The molecule has 0 spiro atoms. The fourth-order valence-corrected chi connectivity index (χ4v) is 4.03. The summed E-state index contributed by atoms with van der Waals surface area (Å²) in [5, 5.41) is 2.80. The van der Waals surface area contributed by atoms with E-state index in [9.17, 15) is 13.2 Å². The molecular formula is C18H21IN2O3S. The molecule has 0 unspecified atom stereocenters. The maximum Gasteiger partial charge on any atom is 0.245 e. The number of hydrogen-bond acceptors (Lipinski definition) is 3. The Morgan fingerprint density at radius 1 is 1.12 bits per heavy atom. The third-order valence-electron chi connectivity index (χ3n) is 3.99. The molecule has 25 heavy (non-hydrogen) atoms. The minimum absolute atomic E-state index is 0.269. The SMILES string of the molecule is Cc1cc(I)ccc1NC(=O)CN(c1cccc(C)c1C)S(C)(=O)=O. The van der Waals surface area contributed by atoms with E-state index >= 15 is 0 Å². The van der Waals surface area contributed by atoms with Crippen molar-refractivity contribution in [3.63, 3.8) is 0 Å². The molecule has 0 fully saturated rings. The molecule has 0 aromatic heterocycles. The molecule has 0 radical (unpaired) electrons. The lowest BCUT2D eigenvalue weighted by atomic mass is 10.1. The zero-order chi connectivity index (χ0) is 18.8. The number of amides is 1. The minimum Gasteiger partial charge on any atom is -0.324 e. The van der Waals surface area contributed by atoms with Gasteiger partial charge in [-0.3, -0.25) is 9.10 Å². The summed E-state index contributed by atoms with van der Waals surface area (Å²) in [6.45, 7) is 5.39. The van der Waals surface area contributed by atoms with Gasteiger partial charge in [0.1, 0.15) is 6.54 Å². The molecule has 0 saturated carbocycles. The van der Waals surface area contributed by atoms with E-state index in [-0.39, 0.29) is 12.5 Å². The summed E-state index contributed by atoms with van der Waals surface area (Å²) >= 11 is 2.20. The normalized spacial score (nSPS) is 11.2. The van der Waals surface area contributed by atoms with Crippen LogP contribution in [0.25, 0.3) is 0 Å². The van der Waals surface area contributed by atoms with Crippen molar-refractivity contribution in [1.29, 1.82) is 0 Å². The molecule has 0 saturated heterocycles. The number of anilines is 2. The zero-order valence-corrected chi connectivity index (χ0v) is 17.6. The monoisotopic (exact) mass is 472 g/mol. The van der Waals surface area contributed by atoms with Crippen molar-refractivity contribution >= 4 is 49.9 Å². The summed E-state index contributed by atoms with van der Waals surface area (Å²) in [6.07, 6.45) is 1.11. The van der Waals surface area contributed by atoms with Crippen LogP contribution in [0.5, 0.6) is 0 Å². The molecular weight excluding hydrogens is 451 g/mol. The third kappa shape index (κ3) is 4.94. The Bertz CT molecular complexity index is 911. The molecule has 0 aliphatic heterocycles. The predicted molar refractivity (Wildman–Crippen MR) is 111 cm³/mol. The quantitative estimate of drug-likeness (QED) is 0.677. The number of nitrogens with one attached hydrogen (secondary N) is 1. The van der Waals surface area contributed by atoms with Crippen molar-refractivity contribution < 1.29 is 13.2 Å². The van der Waals surface area contributed by atoms with Gasteiger partial charge in [-0.05, 0) is 84.3 Å². The summed E-state index contributed by atoms with van der Waals surface area (Å²) in [4.78, 5) is 12.5. The summed E-state index contributed by atoms with van der Waals surface area (Å²) < 4.78 is 26.7. The highest BCUT2D eigenvalue weighted by molar-refractivity contribution is 14.1. The fourth-order valence-electron chi connectivity index (χ4n) is 2.47. The van der Waals surface area contributed by atoms with Crippen LogP contribution in [0.4, 0.5) is 11.4 Å². The maximum atomic E-state index is 12.5. The number of nitrogens with zero attached hydrogens (tertiary/aromatic N) is 1. The number of carbonyl (C=O) groups excluding carboxylic acids is 1. The fraction of sp³-hybridized carbons (Fsp3) is 0.278. The van der Waals surface area contributed by atoms with Crippen molar-refractivity contribution in [2.45, 2.75) is 20.8 Å². The van der Waals surface area contributed by atoms with Crippen LogP contribution in [0.2, 0.25) is 0 Å². The van der Waals surface area contributed by atoms with E-state index in [2.05, 4.69) is 27.9 Å². The van der Waals surface area contributed by atoms with Crippen LogP contribution < -0.4 is 9.62 Å². The molecule has 7 heteroatoms. The largest absolute Gasteiger partial charge is 0.324 e. The Kier molecular flexibility index (Phi) is 6.10. The van der Waals surface area contributed by atoms with Crippen LogP contribution in [-0.2, 0) is 14.8 Å². The first-order valence-electron chi connectivity index (χ1n) is 7.69. The maximum absolute atomic E-state index is 12.5. The molecule has 0 bridgehead atoms. The van der Waals surface area contributed by atoms with Gasteiger partial charge >= 0.3 is 0 Å². The predicted octanol–water partition coefficient (Wildman–Crippen LogP) is 3.62. The van der Waals surface area contributed by atoms with Crippen LogP contribution in [0.15, 0.2) is 36.4 Å². The second kappa shape index (κ2) is 7.74. The number of halogens is 1. The van der Waals surface area contributed by atoms with E-state index < -0.39 is 10.0 Å². The van der Waals surface area contributed by atoms with Crippen molar-refractivity contribution in [1.82, 2.24) is 0 Å².